The molecule has 2 aromatic rings. The van der Waals surface area contributed by atoms with E-state index < -0.39 is 6.04 Å². The Bertz CT molecular complexity index is 1030. The maximum atomic E-state index is 13.0. The fourth-order valence-corrected chi connectivity index (χ4v) is 5.34. The van der Waals surface area contributed by atoms with Crippen LogP contribution in [0.15, 0.2) is 23.6 Å². The third-order valence-electron chi connectivity index (χ3n) is 6.27. The summed E-state index contributed by atoms with van der Waals surface area (Å²) in [7, 11) is 0. The van der Waals surface area contributed by atoms with Crippen molar-refractivity contribution in [1.29, 1.82) is 0 Å². The molecule has 162 valence electrons. The fraction of sp³-hybridized carbons (Fsp3) is 0.455. The topological polar surface area (TPSA) is 103 Å². The number of hydrogen-bond acceptors (Lipinski definition) is 7. The molecule has 0 spiro atoms. The van der Waals surface area contributed by atoms with Gasteiger partial charge in [-0.05, 0) is 43.0 Å². The number of amides is 3. The van der Waals surface area contributed by atoms with Gasteiger partial charge in [0, 0.05) is 42.9 Å². The number of carbonyl (C=O) groups is 3. The van der Waals surface area contributed by atoms with Gasteiger partial charge in [0.15, 0.2) is 5.13 Å². The molecular weight excluding hydrogens is 414 g/mol. The highest BCUT2D eigenvalue weighted by Crippen LogP contribution is 2.29. The monoisotopic (exact) mass is 439 g/mol. The van der Waals surface area contributed by atoms with E-state index in [9.17, 15) is 14.4 Å². The Hall–Kier alpha value is -2.78. The molecule has 4 heterocycles. The first kappa shape index (κ1) is 20.1. The number of fused-ring (bicyclic) bond motifs is 1. The lowest BCUT2D eigenvalue weighted by Gasteiger charge is -2.29. The summed E-state index contributed by atoms with van der Waals surface area (Å²) < 4.78 is 0. The molecule has 3 N–H and O–H groups in total. The lowest BCUT2D eigenvalue weighted by molar-refractivity contribution is -0.136. The van der Waals surface area contributed by atoms with E-state index in [1.165, 1.54) is 12.8 Å². The molecule has 0 radical (unpaired) electrons. The van der Waals surface area contributed by atoms with Crippen molar-refractivity contribution in [3.05, 3.63) is 46.0 Å². The van der Waals surface area contributed by atoms with Crippen molar-refractivity contribution in [2.24, 2.45) is 0 Å². The zero-order valence-corrected chi connectivity index (χ0v) is 18.0. The Labute approximate surface area is 184 Å². The third kappa shape index (κ3) is 4.07. The van der Waals surface area contributed by atoms with Crippen molar-refractivity contribution in [2.45, 2.75) is 50.7 Å². The Morgan fingerprint density at radius 1 is 1.23 bits per heavy atom. The van der Waals surface area contributed by atoms with Crippen LogP contribution < -0.4 is 16.0 Å². The van der Waals surface area contributed by atoms with Gasteiger partial charge >= 0.3 is 0 Å². The number of aromatic nitrogens is 1. The van der Waals surface area contributed by atoms with Gasteiger partial charge in [-0.25, -0.2) is 4.98 Å². The van der Waals surface area contributed by atoms with E-state index >= 15 is 0 Å². The van der Waals surface area contributed by atoms with Crippen LogP contribution in [0.4, 0.5) is 5.13 Å². The van der Waals surface area contributed by atoms with Crippen LogP contribution in [0.2, 0.25) is 0 Å². The van der Waals surface area contributed by atoms with Gasteiger partial charge < -0.3 is 15.5 Å². The minimum Gasteiger partial charge on any atom is -0.357 e. The summed E-state index contributed by atoms with van der Waals surface area (Å²) >= 11 is 1.61. The second kappa shape index (κ2) is 8.39. The van der Waals surface area contributed by atoms with Crippen molar-refractivity contribution in [3.8, 4) is 0 Å². The number of imide groups is 1. The Morgan fingerprint density at radius 3 is 2.94 bits per heavy atom. The van der Waals surface area contributed by atoms with Gasteiger partial charge in [-0.15, -0.1) is 11.3 Å². The number of hydrogen-bond donors (Lipinski definition) is 3. The molecule has 1 aromatic heterocycles. The molecule has 5 rings (SSSR count). The molecule has 3 aliphatic heterocycles. The van der Waals surface area contributed by atoms with E-state index in [1.807, 2.05) is 18.2 Å². The van der Waals surface area contributed by atoms with Gasteiger partial charge in [0.1, 0.15) is 6.04 Å². The lowest BCUT2D eigenvalue weighted by atomic mass is 9.97. The summed E-state index contributed by atoms with van der Waals surface area (Å²) in [5.74, 6) is -0.319. The maximum absolute atomic E-state index is 13.0. The highest BCUT2D eigenvalue weighted by Gasteiger charge is 2.39. The number of carbonyl (C=O) groups excluding carboxylic acids is 3. The van der Waals surface area contributed by atoms with Crippen molar-refractivity contribution in [2.75, 3.05) is 18.4 Å². The maximum Gasteiger partial charge on any atom is 0.255 e. The van der Waals surface area contributed by atoms with Crippen LogP contribution in [0.1, 0.15) is 58.8 Å². The van der Waals surface area contributed by atoms with Gasteiger partial charge in [-0.3, -0.25) is 19.7 Å². The van der Waals surface area contributed by atoms with Gasteiger partial charge in [0.2, 0.25) is 11.8 Å². The number of nitrogens with zero attached hydrogens (tertiary/aromatic N) is 2. The smallest absolute Gasteiger partial charge is 0.255 e. The number of anilines is 1. The molecule has 0 aliphatic carbocycles. The van der Waals surface area contributed by atoms with E-state index in [4.69, 9.17) is 4.98 Å². The van der Waals surface area contributed by atoms with Crippen LogP contribution in [0.5, 0.6) is 0 Å². The Morgan fingerprint density at radius 2 is 2.13 bits per heavy atom. The summed E-state index contributed by atoms with van der Waals surface area (Å²) in [4.78, 5) is 42.9. The molecule has 2 unspecified atom stereocenters. The van der Waals surface area contributed by atoms with Crippen LogP contribution in [0.25, 0.3) is 0 Å². The molecule has 9 heteroatoms. The second-order valence-corrected chi connectivity index (χ2v) is 9.22. The van der Waals surface area contributed by atoms with Crippen LogP contribution in [0, 0.1) is 0 Å². The van der Waals surface area contributed by atoms with Crippen LogP contribution >= 0.6 is 11.3 Å². The van der Waals surface area contributed by atoms with Crippen molar-refractivity contribution in [1.82, 2.24) is 20.5 Å². The average molecular weight is 440 g/mol. The molecule has 1 aromatic carbocycles. The van der Waals surface area contributed by atoms with E-state index in [1.54, 1.807) is 16.2 Å². The lowest BCUT2D eigenvalue weighted by Crippen LogP contribution is -2.52. The van der Waals surface area contributed by atoms with Crippen LogP contribution in [-0.2, 0) is 22.7 Å². The molecule has 31 heavy (non-hydrogen) atoms. The quantitative estimate of drug-likeness (QED) is 0.616. The highest BCUT2D eigenvalue weighted by atomic mass is 32.1. The molecular formula is C22H25N5O3S. The largest absolute Gasteiger partial charge is 0.357 e. The van der Waals surface area contributed by atoms with E-state index in [-0.39, 0.29) is 24.1 Å². The van der Waals surface area contributed by atoms with Gasteiger partial charge in [-0.1, -0.05) is 12.1 Å². The molecule has 0 saturated carbocycles. The summed E-state index contributed by atoms with van der Waals surface area (Å²) in [6, 6.07) is 5.28. The minimum atomic E-state index is -0.581. The minimum absolute atomic E-state index is 0.146. The number of benzene rings is 1. The Balaban J connectivity index is 1.23. The number of thiazole rings is 1. The summed E-state index contributed by atoms with van der Waals surface area (Å²) in [6.07, 6.45) is 3.00. The third-order valence-corrected chi connectivity index (χ3v) is 7.09. The molecule has 8 nitrogen and oxygen atoms in total. The van der Waals surface area contributed by atoms with Crippen LogP contribution in [-0.4, -0.2) is 46.7 Å². The van der Waals surface area contributed by atoms with E-state index in [0.717, 1.165) is 35.0 Å². The van der Waals surface area contributed by atoms with Crippen molar-refractivity contribution >= 4 is 34.2 Å². The first-order valence-electron chi connectivity index (χ1n) is 10.7. The zero-order chi connectivity index (χ0) is 21.4. The molecule has 2 saturated heterocycles. The predicted molar refractivity (Wildman–Crippen MR) is 117 cm³/mol. The SMILES string of the molecule is O=C1CCC(N2Cc3ccc(CNc4nc(C5CCCNC5)cs4)cc3C2=O)C(=O)N1. The fourth-order valence-electron chi connectivity index (χ4n) is 4.55. The van der Waals surface area contributed by atoms with Crippen molar-refractivity contribution in [3.63, 3.8) is 0 Å². The molecule has 0 bridgehead atoms. The van der Waals surface area contributed by atoms with Gasteiger partial charge in [0.05, 0.1) is 5.69 Å². The number of rotatable bonds is 5. The first-order valence-corrected chi connectivity index (χ1v) is 11.6. The standard InChI is InChI=1S/C22H25N5O3S/c28-19-6-5-18(20(29)26-19)27-11-15-4-3-13(8-16(15)21(27)30)9-24-22-25-17(12-31-22)14-2-1-7-23-10-14/h3-4,8,12,14,18,23H,1-2,5-7,9-11H2,(H,24,25)(H,26,28,29). The predicted octanol–water partition coefficient (Wildman–Crippen LogP) is 1.98. The summed E-state index contributed by atoms with van der Waals surface area (Å²) in [5, 5.41) is 12.2. The van der Waals surface area contributed by atoms with E-state index in [2.05, 4.69) is 21.3 Å². The normalized spacial score (nSPS) is 23.6. The van der Waals surface area contributed by atoms with E-state index in [0.29, 0.717) is 31.0 Å². The Kier molecular flexibility index (Phi) is 5.45. The summed E-state index contributed by atoms with van der Waals surface area (Å²) in [6.45, 7) is 3.05. The van der Waals surface area contributed by atoms with Gasteiger partial charge in [-0.2, -0.15) is 0 Å². The summed E-state index contributed by atoms with van der Waals surface area (Å²) in [5.41, 5.74) is 3.69. The highest BCUT2D eigenvalue weighted by molar-refractivity contribution is 7.13. The first-order chi connectivity index (χ1) is 15.1. The second-order valence-electron chi connectivity index (χ2n) is 8.37. The number of nitrogens with one attached hydrogen (secondary N) is 3. The molecule has 3 amide bonds. The molecule has 2 fully saturated rings. The number of piperidine rings is 2. The molecule has 2 atom stereocenters. The zero-order valence-electron chi connectivity index (χ0n) is 17.1. The van der Waals surface area contributed by atoms with Crippen LogP contribution in [0.3, 0.4) is 0 Å². The van der Waals surface area contributed by atoms with Gasteiger partial charge in [0.25, 0.3) is 5.91 Å². The average Bonchev–Trinajstić information content (AvgIpc) is 3.38. The van der Waals surface area contributed by atoms with Crippen molar-refractivity contribution < 1.29 is 14.4 Å². The molecule has 3 aliphatic rings.